The standard InChI is InChI=1S/C15H14ClN3OS/c1-18-8-19-14(20)6-11(10-4-2-3-5-13(10)16)12(7-17)15(19)21-9-18/h2-5,11H,6,8-9H2,1H3. The molecule has 108 valence electrons. The highest BCUT2D eigenvalue weighted by Crippen LogP contribution is 2.43. The Balaban J connectivity index is 2.08. The van der Waals surface area contributed by atoms with E-state index in [-0.39, 0.29) is 11.8 Å². The predicted molar refractivity (Wildman–Crippen MR) is 83.4 cm³/mol. The van der Waals surface area contributed by atoms with Crippen molar-refractivity contribution in [1.82, 2.24) is 9.80 Å². The number of carbonyl (C=O) groups excluding carboxylic acids is 1. The van der Waals surface area contributed by atoms with E-state index >= 15 is 0 Å². The average Bonchev–Trinajstić information content (AvgIpc) is 2.48. The molecular formula is C15H14ClN3OS. The van der Waals surface area contributed by atoms with Crippen molar-refractivity contribution in [2.45, 2.75) is 12.3 Å². The molecule has 2 aliphatic rings. The molecule has 0 radical (unpaired) electrons. The maximum absolute atomic E-state index is 12.4. The van der Waals surface area contributed by atoms with Crippen LogP contribution < -0.4 is 0 Å². The Morgan fingerprint density at radius 3 is 2.90 bits per heavy atom. The lowest BCUT2D eigenvalue weighted by molar-refractivity contribution is -0.131. The molecule has 1 amide bonds. The van der Waals surface area contributed by atoms with E-state index in [1.807, 2.05) is 25.2 Å². The van der Waals surface area contributed by atoms with E-state index < -0.39 is 0 Å². The molecule has 1 saturated heterocycles. The van der Waals surface area contributed by atoms with Crippen molar-refractivity contribution in [3.8, 4) is 6.07 Å². The fourth-order valence-corrected chi connectivity index (χ4v) is 4.05. The van der Waals surface area contributed by atoms with Gasteiger partial charge in [-0.3, -0.25) is 14.6 Å². The molecule has 0 spiro atoms. The fourth-order valence-electron chi connectivity index (χ4n) is 2.70. The summed E-state index contributed by atoms with van der Waals surface area (Å²) in [4.78, 5) is 16.2. The molecule has 6 heteroatoms. The zero-order valence-corrected chi connectivity index (χ0v) is 13.1. The maximum atomic E-state index is 12.4. The van der Waals surface area contributed by atoms with Crippen LogP contribution in [0.4, 0.5) is 0 Å². The molecule has 0 aromatic heterocycles. The summed E-state index contributed by atoms with van der Waals surface area (Å²) in [6, 6.07) is 9.74. The number of amides is 1. The molecule has 1 unspecified atom stereocenters. The van der Waals surface area contributed by atoms with Crippen LogP contribution >= 0.6 is 23.4 Å². The quantitative estimate of drug-likeness (QED) is 0.798. The van der Waals surface area contributed by atoms with Gasteiger partial charge in [-0.2, -0.15) is 5.26 Å². The summed E-state index contributed by atoms with van der Waals surface area (Å²) < 4.78 is 0. The van der Waals surface area contributed by atoms with E-state index in [0.717, 1.165) is 16.5 Å². The molecule has 4 nitrogen and oxygen atoms in total. The Labute approximate surface area is 133 Å². The van der Waals surface area contributed by atoms with Crippen LogP contribution in [0.2, 0.25) is 5.02 Å². The summed E-state index contributed by atoms with van der Waals surface area (Å²) in [5.41, 5.74) is 1.51. The number of thioether (sulfide) groups is 1. The van der Waals surface area contributed by atoms with Crippen LogP contribution in [-0.4, -0.2) is 35.3 Å². The Bertz CT molecular complexity index is 667. The lowest BCUT2D eigenvalue weighted by Gasteiger charge is -2.40. The van der Waals surface area contributed by atoms with Gasteiger partial charge in [-0.1, -0.05) is 41.6 Å². The molecule has 21 heavy (non-hydrogen) atoms. The van der Waals surface area contributed by atoms with Gasteiger partial charge in [0.25, 0.3) is 0 Å². The number of allylic oxidation sites excluding steroid dienone is 1. The highest BCUT2D eigenvalue weighted by molar-refractivity contribution is 8.03. The third-order valence-electron chi connectivity index (χ3n) is 3.71. The van der Waals surface area contributed by atoms with E-state index in [2.05, 4.69) is 11.0 Å². The summed E-state index contributed by atoms with van der Waals surface area (Å²) >= 11 is 7.79. The molecule has 2 heterocycles. The van der Waals surface area contributed by atoms with Crippen LogP contribution in [0, 0.1) is 11.3 Å². The number of benzene rings is 1. The Morgan fingerprint density at radius 1 is 1.43 bits per heavy atom. The predicted octanol–water partition coefficient (Wildman–Crippen LogP) is 2.98. The summed E-state index contributed by atoms with van der Waals surface area (Å²) in [7, 11) is 1.96. The van der Waals surface area contributed by atoms with Crippen molar-refractivity contribution >= 4 is 29.3 Å². The van der Waals surface area contributed by atoms with Gasteiger partial charge in [0, 0.05) is 17.4 Å². The monoisotopic (exact) mass is 319 g/mol. The minimum Gasteiger partial charge on any atom is -0.292 e. The van der Waals surface area contributed by atoms with Gasteiger partial charge in [-0.05, 0) is 18.7 Å². The van der Waals surface area contributed by atoms with Gasteiger partial charge in [0.15, 0.2) is 0 Å². The largest absolute Gasteiger partial charge is 0.292 e. The van der Waals surface area contributed by atoms with Crippen molar-refractivity contribution in [2.24, 2.45) is 0 Å². The topological polar surface area (TPSA) is 47.3 Å². The van der Waals surface area contributed by atoms with Crippen LogP contribution in [-0.2, 0) is 4.79 Å². The van der Waals surface area contributed by atoms with E-state index in [1.54, 1.807) is 22.7 Å². The molecule has 0 bridgehead atoms. The number of hydrogen-bond acceptors (Lipinski definition) is 4. The fraction of sp³-hybridized carbons (Fsp3) is 0.333. The van der Waals surface area contributed by atoms with Crippen LogP contribution in [0.1, 0.15) is 17.9 Å². The van der Waals surface area contributed by atoms with Crippen LogP contribution in [0.25, 0.3) is 0 Å². The number of nitrogens with zero attached hydrogens (tertiary/aromatic N) is 3. The van der Waals surface area contributed by atoms with E-state index in [0.29, 0.717) is 23.7 Å². The number of fused-ring (bicyclic) bond motifs is 1. The van der Waals surface area contributed by atoms with Gasteiger partial charge in [0.2, 0.25) is 5.91 Å². The second kappa shape index (κ2) is 5.72. The van der Waals surface area contributed by atoms with Crippen molar-refractivity contribution in [3.63, 3.8) is 0 Å². The molecule has 1 aromatic rings. The lowest BCUT2D eigenvalue weighted by atomic mass is 9.86. The van der Waals surface area contributed by atoms with Crippen LogP contribution in [0.15, 0.2) is 34.9 Å². The number of nitriles is 1. The van der Waals surface area contributed by atoms with E-state index in [4.69, 9.17) is 11.6 Å². The van der Waals surface area contributed by atoms with Gasteiger partial charge >= 0.3 is 0 Å². The third kappa shape index (κ3) is 2.55. The van der Waals surface area contributed by atoms with E-state index in [1.165, 1.54) is 0 Å². The SMILES string of the molecule is CN1CSC2=C(C#N)C(c3ccccc3Cl)CC(=O)N2C1. The van der Waals surface area contributed by atoms with E-state index in [9.17, 15) is 10.1 Å². The molecule has 1 atom stereocenters. The highest BCUT2D eigenvalue weighted by atomic mass is 35.5. The first kappa shape index (κ1) is 14.5. The second-order valence-corrected chi connectivity index (χ2v) is 6.54. The molecule has 2 aliphatic heterocycles. The van der Waals surface area contributed by atoms with Gasteiger partial charge in [-0.25, -0.2) is 0 Å². The molecule has 1 fully saturated rings. The van der Waals surface area contributed by atoms with Crippen molar-refractivity contribution in [2.75, 3.05) is 19.6 Å². The first-order valence-electron chi connectivity index (χ1n) is 6.62. The Morgan fingerprint density at radius 2 is 2.19 bits per heavy atom. The van der Waals surface area contributed by atoms with Crippen molar-refractivity contribution < 1.29 is 4.79 Å². The summed E-state index contributed by atoms with van der Waals surface area (Å²) in [5.74, 6) is 0.589. The summed E-state index contributed by atoms with van der Waals surface area (Å²) in [6.45, 7) is 0.543. The molecular weight excluding hydrogens is 306 g/mol. The number of hydrogen-bond donors (Lipinski definition) is 0. The normalized spacial score (nSPS) is 23.0. The summed E-state index contributed by atoms with van der Waals surface area (Å²) in [6.07, 6.45) is 0.296. The number of halogens is 1. The van der Waals surface area contributed by atoms with Gasteiger partial charge in [0.1, 0.15) is 0 Å². The van der Waals surface area contributed by atoms with Gasteiger partial charge in [0.05, 0.1) is 29.2 Å². The van der Waals surface area contributed by atoms with Crippen LogP contribution in [0.3, 0.4) is 0 Å². The molecule has 0 aliphatic carbocycles. The first-order chi connectivity index (χ1) is 10.1. The highest BCUT2D eigenvalue weighted by Gasteiger charge is 2.38. The minimum atomic E-state index is -0.238. The molecule has 0 N–H and O–H groups in total. The average molecular weight is 320 g/mol. The Kier molecular flexibility index (Phi) is 3.94. The lowest BCUT2D eigenvalue weighted by Crippen LogP contribution is -2.45. The van der Waals surface area contributed by atoms with Crippen molar-refractivity contribution in [3.05, 3.63) is 45.5 Å². The molecule has 1 aromatic carbocycles. The smallest absolute Gasteiger partial charge is 0.229 e. The number of carbonyl (C=O) groups is 1. The van der Waals surface area contributed by atoms with Gasteiger partial charge in [-0.15, -0.1) is 0 Å². The maximum Gasteiger partial charge on any atom is 0.229 e. The van der Waals surface area contributed by atoms with Crippen molar-refractivity contribution in [1.29, 1.82) is 5.26 Å². The minimum absolute atomic E-state index is 0.0490. The zero-order valence-electron chi connectivity index (χ0n) is 11.5. The molecule has 3 rings (SSSR count). The van der Waals surface area contributed by atoms with Crippen LogP contribution in [0.5, 0.6) is 0 Å². The van der Waals surface area contributed by atoms with Gasteiger partial charge < -0.3 is 0 Å². The zero-order chi connectivity index (χ0) is 15.0. The Hall–Kier alpha value is -1.48. The first-order valence-corrected chi connectivity index (χ1v) is 7.98. The second-order valence-electron chi connectivity index (χ2n) is 5.20. The third-order valence-corrected chi connectivity index (χ3v) is 5.34. The summed E-state index contributed by atoms with van der Waals surface area (Å²) in [5, 5.41) is 11.0. The molecule has 0 saturated carbocycles. The number of rotatable bonds is 1.